The highest BCUT2D eigenvalue weighted by Gasteiger charge is 2.29. The van der Waals surface area contributed by atoms with Gasteiger partial charge in [0.25, 0.3) is 5.91 Å². The summed E-state index contributed by atoms with van der Waals surface area (Å²) in [5.41, 5.74) is 2.86. The normalized spacial score (nSPS) is 15.1. The monoisotopic (exact) mass is 331 g/mol. The van der Waals surface area contributed by atoms with Crippen LogP contribution in [-0.2, 0) is 4.79 Å². The van der Waals surface area contributed by atoms with Gasteiger partial charge in [0.1, 0.15) is 0 Å². The van der Waals surface area contributed by atoms with E-state index in [9.17, 15) is 13.6 Å². The first-order valence-corrected chi connectivity index (χ1v) is 7.23. The van der Waals surface area contributed by atoms with Crippen LogP contribution >= 0.6 is 0 Å². The quantitative estimate of drug-likeness (QED) is 0.800. The summed E-state index contributed by atoms with van der Waals surface area (Å²) in [6.07, 6.45) is 1.71. The minimum atomic E-state index is -2.93. The van der Waals surface area contributed by atoms with Crippen molar-refractivity contribution in [2.45, 2.75) is 6.61 Å². The summed E-state index contributed by atoms with van der Waals surface area (Å²) in [5, 5.41) is 0. The van der Waals surface area contributed by atoms with Crippen LogP contribution in [0.15, 0.2) is 42.5 Å². The number of anilines is 1. The number of nitrogens with zero attached hydrogens (tertiary/aromatic N) is 1. The van der Waals surface area contributed by atoms with Crippen LogP contribution in [0.1, 0.15) is 11.1 Å². The SMILES string of the molecule is COc1cc(/C=C2/C(=O)N(C)c3ccccc32)ccc1OC(F)F. The molecule has 0 atom stereocenters. The van der Waals surface area contributed by atoms with Gasteiger partial charge in [-0.05, 0) is 29.8 Å². The van der Waals surface area contributed by atoms with Crippen LogP contribution in [0.4, 0.5) is 14.5 Å². The number of carbonyl (C=O) groups excluding carboxylic acids is 1. The van der Waals surface area contributed by atoms with Gasteiger partial charge in [0, 0.05) is 18.2 Å². The topological polar surface area (TPSA) is 38.8 Å². The number of hydrogen-bond acceptors (Lipinski definition) is 3. The van der Waals surface area contributed by atoms with Crippen molar-refractivity contribution >= 4 is 23.2 Å². The van der Waals surface area contributed by atoms with Crippen LogP contribution < -0.4 is 14.4 Å². The molecule has 1 aliphatic rings. The lowest BCUT2D eigenvalue weighted by atomic mass is 10.0. The number of para-hydroxylation sites is 1. The minimum absolute atomic E-state index is 0.0510. The highest BCUT2D eigenvalue weighted by Crippen LogP contribution is 2.37. The lowest BCUT2D eigenvalue weighted by Crippen LogP contribution is -2.20. The van der Waals surface area contributed by atoms with Gasteiger partial charge in [0.05, 0.1) is 12.8 Å². The zero-order valence-corrected chi connectivity index (χ0v) is 13.1. The number of rotatable bonds is 4. The second-order valence-corrected chi connectivity index (χ2v) is 5.23. The van der Waals surface area contributed by atoms with E-state index in [0.717, 1.165) is 11.3 Å². The fourth-order valence-corrected chi connectivity index (χ4v) is 2.67. The van der Waals surface area contributed by atoms with Crippen molar-refractivity contribution in [3.63, 3.8) is 0 Å². The van der Waals surface area contributed by atoms with E-state index in [1.165, 1.54) is 13.2 Å². The molecule has 2 aromatic rings. The lowest BCUT2D eigenvalue weighted by molar-refractivity contribution is -0.112. The van der Waals surface area contributed by atoms with E-state index in [2.05, 4.69) is 4.74 Å². The Kier molecular flexibility index (Phi) is 4.20. The van der Waals surface area contributed by atoms with Gasteiger partial charge in [-0.15, -0.1) is 0 Å². The predicted octanol–water partition coefficient (Wildman–Crippen LogP) is 3.81. The van der Waals surface area contributed by atoms with Gasteiger partial charge in [-0.1, -0.05) is 24.3 Å². The molecule has 0 spiro atoms. The maximum Gasteiger partial charge on any atom is 0.387 e. The van der Waals surface area contributed by atoms with E-state index in [4.69, 9.17) is 4.74 Å². The zero-order chi connectivity index (χ0) is 17.3. The number of hydrogen-bond donors (Lipinski definition) is 0. The summed E-state index contributed by atoms with van der Waals surface area (Å²) in [6, 6.07) is 12.0. The van der Waals surface area contributed by atoms with Crippen LogP contribution in [-0.4, -0.2) is 26.7 Å². The Hall–Kier alpha value is -2.89. The maximum atomic E-state index is 12.4. The average molecular weight is 331 g/mol. The second kappa shape index (κ2) is 6.31. The van der Waals surface area contributed by atoms with Crippen LogP contribution in [0.5, 0.6) is 11.5 Å². The number of benzene rings is 2. The lowest BCUT2D eigenvalue weighted by Gasteiger charge is -2.10. The van der Waals surface area contributed by atoms with Crippen LogP contribution in [0.25, 0.3) is 11.6 Å². The maximum absolute atomic E-state index is 12.4. The van der Waals surface area contributed by atoms with Crippen molar-refractivity contribution in [3.8, 4) is 11.5 Å². The number of alkyl halides is 2. The summed E-state index contributed by atoms with van der Waals surface area (Å²) in [4.78, 5) is 14.0. The van der Waals surface area contributed by atoms with Gasteiger partial charge >= 0.3 is 6.61 Å². The molecule has 0 radical (unpaired) electrons. The Morgan fingerprint density at radius 3 is 2.58 bits per heavy atom. The summed E-state index contributed by atoms with van der Waals surface area (Å²) in [6.45, 7) is -2.93. The molecule has 0 unspecified atom stereocenters. The molecule has 4 nitrogen and oxygen atoms in total. The van der Waals surface area contributed by atoms with Crippen molar-refractivity contribution in [1.29, 1.82) is 0 Å². The number of fused-ring (bicyclic) bond motifs is 1. The molecule has 0 aromatic heterocycles. The third-order valence-corrected chi connectivity index (χ3v) is 3.81. The van der Waals surface area contributed by atoms with Crippen molar-refractivity contribution in [1.82, 2.24) is 0 Å². The molecule has 24 heavy (non-hydrogen) atoms. The molecule has 2 aromatic carbocycles. The minimum Gasteiger partial charge on any atom is -0.493 e. The zero-order valence-electron chi connectivity index (χ0n) is 13.1. The molecule has 0 N–H and O–H groups in total. The summed E-state index contributed by atoms with van der Waals surface area (Å²) < 4.78 is 34.3. The van der Waals surface area contributed by atoms with Crippen molar-refractivity contribution < 1.29 is 23.0 Å². The molecule has 6 heteroatoms. The second-order valence-electron chi connectivity index (χ2n) is 5.23. The highest BCUT2D eigenvalue weighted by atomic mass is 19.3. The number of methoxy groups -OCH3 is 1. The smallest absolute Gasteiger partial charge is 0.387 e. The van der Waals surface area contributed by atoms with Gasteiger partial charge in [-0.3, -0.25) is 4.79 Å². The average Bonchev–Trinajstić information content (AvgIpc) is 2.81. The number of halogens is 2. The Labute approximate surface area is 137 Å². The van der Waals surface area contributed by atoms with E-state index in [0.29, 0.717) is 11.1 Å². The molecule has 0 fully saturated rings. The van der Waals surface area contributed by atoms with Gasteiger partial charge < -0.3 is 14.4 Å². The number of ether oxygens (including phenoxy) is 2. The first-order chi connectivity index (χ1) is 11.5. The standard InChI is InChI=1S/C18H15F2NO3/c1-21-14-6-4-3-5-12(14)13(17(21)22)9-11-7-8-15(24-18(19)20)16(10-11)23-2/h3-10,18H,1-2H3/b13-9+. The Morgan fingerprint density at radius 2 is 1.88 bits per heavy atom. The molecule has 0 saturated carbocycles. The van der Waals surface area contributed by atoms with Crippen molar-refractivity contribution in [2.24, 2.45) is 0 Å². The fourth-order valence-electron chi connectivity index (χ4n) is 2.67. The first kappa shape index (κ1) is 16.0. The Morgan fingerprint density at radius 1 is 1.12 bits per heavy atom. The number of carbonyl (C=O) groups is 1. The molecule has 0 saturated heterocycles. The van der Waals surface area contributed by atoms with Crippen LogP contribution in [0.2, 0.25) is 0 Å². The Bertz CT molecular complexity index is 818. The fraction of sp³-hybridized carbons (Fsp3) is 0.167. The highest BCUT2D eigenvalue weighted by molar-refractivity contribution is 6.35. The van der Waals surface area contributed by atoms with Crippen LogP contribution in [0, 0.1) is 0 Å². The van der Waals surface area contributed by atoms with E-state index in [-0.39, 0.29) is 17.4 Å². The molecule has 1 amide bonds. The number of likely N-dealkylation sites (N-methyl/N-ethyl adjacent to an activating group) is 1. The molecule has 0 aliphatic carbocycles. The van der Waals surface area contributed by atoms with E-state index >= 15 is 0 Å². The van der Waals surface area contributed by atoms with Gasteiger partial charge in [0.2, 0.25) is 0 Å². The molecule has 0 bridgehead atoms. The third kappa shape index (κ3) is 2.82. The van der Waals surface area contributed by atoms with Gasteiger partial charge in [0.15, 0.2) is 11.5 Å². The summed E-state index contributed by atoms with van der Waals surface area (Å²) >= 11 is 0. The largest absolute Gasteiger partial charge is 0.493 e. The molecular formula is C18H15F2NO3. The van der Waals surface area contributed by atoms with Gasteiger partial charge in [-0.2, -0.15) is 8.78 Å². The molecule has 1 heterocycles. The summed E-state index contributed by atoms with van der Waals surface area (Å²) in [5.74, 6) is 0.00438. The van der Waals surface area contributed by atoms with E-state index in [1.54, 1.807) is 30.2 Å². The molecule has 1 aliphatic heterocycles. The van der Waals surface area contributed by atoms with Crippen molar-refractivity contribution in [2.75, 3.05) is 19.1 Å². The molecule has 3 rings (SSSR count). The molecule has 124 valence electrons. The van der Waals surface area contributed by atoms with E-state index in [1.807, 2.05) is 24.3 Å². The van der Waals surface area contributed by atoms with E-state index < -0.39 is 6.61 Å². The predicted molar refractivity (Wildman–Crippen MR) is 87.3 cm³/mol. The van der Waals surface area contributed by atoms with Crippen LogP contribution in [0.3, 0.4) is 0 Å². The first-order valence-electron chi connectivity index (χ1n) is 7.23. The number of amides is 1. The third-order valence-electron chi connectivity index (χ3n) is 3.81. The molecular weight excluding hydrogens is 316 g/mol. The van der Waals surface area contributed by atoms with Crippen molar-refractivity contribution in [3.05, 3.63) is 53.6 Å². The Balaban J connectivity index is 2.01. The van der Waals surface area contributed by atoms with Gasteiger partial charge in [-0.25, -0.2) is 0 Å². The summed E-state index contributed by atoms with van der Waals surface area (Å²) in [7, 11) is 3.08.